The third-order valence-electron chi connectivity index (χ3n) is 4.55. The van der Waals surface area contributed by atoms with Crippen LogP contribution in [0.5, 0.6) is 0 Å². The summed E-state index contributed by atoms with van der Waals surface area (Å²) in [5, 5.41) is 2.97. The summed E-state index contributed by atoms with van der Waals surface area (Å²) in [6, 6.07) is 3.93. The van der Waals surface area contributed by atoms with Gasteiger partial charge in [0.15, 0.2) is 0 Å². The quantitative estimate of drug-likeness (QED) is 0.845. The highest BCUT2D eigenvalue weighted by atomic mass is 32.2. The zero-order chi connectivity index (χ0) is 17.2. The van der Waals surface area contributed by atoms with E-state index in [1.165, 1.54) is 18.6 Å². The number of rotatable bonds is 4. The van der Waals surface area contributed by atoms with Crippen LogP contribution in [0.15, 0.2) is 41.3 Å². The third-order valence-corrected chi connectivity index (χ3v) is 6.42. The van der Waals surface area contributed by atoms with E-state index in [-0.39, 0.29) is 23.4 Å². The summed E-state index contributed by atoms with van der Waals surface area (Å²) in [4.78, 5) is 12.5. The number of benzene rings is 1. The average molecular weight is 352 g/mol. The fourth-order valence-corrected chi connectivity index (χ4v) is 4.74. The molecule has 1 saturated carbocycles. The lowest BCUT2D eigenvalue weighted by atomic mass is 9.95. The van der Waals surface area contributed by atoms with Gasteiger partial charge < -0.3 is 5.32 Å². The van der Waals surface area contributed by atoms with Gasteiger partial charge in [-0.3, -0.25) is 4.79 Å². The fraction of sp³-hybridized carbons (Fsp3) is 0.471. The highest BCUT2D eigenvalue weighted by Crippen LogP contribution is 2.24. The Kier molecular flexibility index (Phi) is 5.01. The van der Waals surface area contributed by atoms with Crippen molar-refractivity contribution < 1.29 is 17.6 Å². The van der Waals surface area contributed by atoms with E-state index in [0.717, 1.165) is 42.1 Å². The fourth-order valence-electron chi connectivity index (χ4n) is 3.24. The van der Waals surface area contributed by atoms with Crippen LogP contribution < -0.4 is 5.32 Å². The van der Waals surface area contributed by atoms with Crippen LogP contribution in [0.1, 0.15) is 32.1 Å². The molecule has 1 atom stereocenters. The molecule has 1 aliphatic carbocycles. The summed E-state index contributed by atoms with van der Waals surface area (Å²) >= 11 is 0. The lowest BCUT2D eigenvalue weighted by Gasteiger charge is -2.27. The zero-order valence-electron chi connectivity index (χ0n) is 13.3. The number of sulfonamides is 1. The molecule has 0 bridgehead atoms. The van der Waals surface area contributed by atoms with Crippen molar-refractivity contribution in [2.75, 3.05) is 6.54 Å². The van der Waals surface area contributed by atoms with Crippen LogP contribution in [0.4, 0.5) is 4.39 Å². The van der Waals surface area contributed by atoms with Crippen molar-refractivity contribution in [3.05, 3.63) is 42.2 Å². The Labute approximate surface area is 141 Å². The first-order chi connectivity index (χ1) is 11.5. The second-order valence-corrected chi connectivity index (χ2v) is 8.14. The van der Waals surface area contributed by atoms with E-state index < -0.39 is 21.9 Å². The molecule has 1 aliphatic heterocycles. The molecule has 1 aromatic rings. The summed E-state index contributed by atoms with van der Waals surface area (Å²) in [7, 11) is -3.85. The van der Waals surface area contributed by atoms with Gasteiger partial charge in [0, 0.05) is 12.6 Å². The van der Waals surface area contributed by atoms with E-state index >= 15 is 0 Å². The highest BCUT2D eigenvalue weighted by Gasteiger charge is 2.37. The summed E-state index contributed by atoms with van der Waals surface area (Å²) in [6.45, 7) is 0.141. The largest absolute Gasteiger partial charge is 0.352 e. The van der Waals surface area contributed by atoms with Gasteiger partial charge in [-0.2, -0.15) is 4.31 Å². The van der Waals surface area contributed by atoms with E-state index in [0.29, 0.717) is 0 Å². The molecule has 0 unspecified atom stereocenters. The lowest BCUT2D eigenvalue weighted by Crippen LogP contribution is -2.49. The number of hydrogen-bond donors (Lipinski definition) is 1. The summed E-state index contributed by atoms with van der Waals surface area (Å²) < 4.78 is 39.7. The van der Waals surface area contributed by atoms with Crippen molar-refractivity contribution in [1.29, 1.82) is 0 Å². The molecular weight excluding hydrogens is 331 g/mol. The minimum Gasteiger partial charge on any atom is -0.352 e. The van der Waals surface area contributed by atoms with Gasteiger partial charge in [0.2, 0.25) is 15.9 Å². The first-order valence-corrected chi connectivity index (χ1v) is 9.67. The Morgan fingerprint density at radius 3 is 2.46 bits per heavy atom. The van der Waals surface area contributed by atoms with Crippen LogP contribution in [0.2, 0.25) is 0 Å². The van der Waals surface area contributed by atoms with Gasteiger partial charge in [-0.15, -0.1) is 0 Å². The van der Waals surface area contributed by atoms with Crippen molar-refractivity contribution in [3.63, 3.8) is 0 Å². The van der Waals surface area contributed by atoms with Crippen molar-refractivity contribution in [2.24, 2.45) is 0 Å². The SMILES string of the molecule is O=C(NC1CCCCC1)[C@H]1C=CCN1S(=O)(=O)c1ccc(F)cc1. The number of carbonyl (C=O) groups is 1. The van der Waals surface area contributed by atoms with Crippen LogP contribution in [0.3, 0.4) is 0 Å². The minimum absolute atomic E-state index is 0.0110. The van der Waals surface area contributed by atoms with Crippen molar-refractivity contribution in [1.82, 2.24) is 9.62 Å². The number of nitrogens with zero attached hydrogens (tertiary/aromatic N) is 1. The molecule has 130 valence electrons. The Balaban J connectivity index is 1.75. The molecule has 1 amide bonds. The van der Waals surface area contributed by atoms with Crippen molar-refractivity contribution >= 4 is 15.9 Å². The third kappa shape index (κ3) is 3.52. The first kappa shape index (κ1) is 17.1. The predicted molar refractivity (Wildman–Crippen MR) is 88.2 cm³/mol. The molecular formula is C17H21FN2O3S. The maximum atomic E-state index is 13.0. The number of halogens is 1. The van der Waals surface area contributed by atoms with E-state index in [2.05, 4.69) is 5.32 Å². The van der Waals surface area contributed by atoms with E-state index in [9.17, 15) is 17.6 Å². The van der Waals surface area contributed by atoms with E-state index in [4.69, 9.17) is 0 Å². The van der Waals surface area contributed by atoms with Gasteiger partial charge in [0.25, 0.3) is 0 Å². The van der Waals surface area contributed by atoms with Crippen LogP contribution >= 0.6 is 0 Å². The van der Waals surface area contributed by atoms with E-state index in [1.54, 1.807) is 12.2 Å². The molecule has 0 spiro atoms. The molecule has 3 rings (SSSR count). The van der Waals surface area contributed by atoms with Crippen molar-refractivity contribution in [2.45, 2.75) is 49.1 Å². The summed E-state index contributed by atoms with van der Waals surface area (Å²) in [5.41, 5.74) is 0. The maximum Gasteiger partial charge on any atom is 0.244 e. The highest BCUT2D eigenvalue weighted by molar-refractivity contribution is 7.89. The smallest absolute Gasteiger partial charge is 0.244 e. The molecule has 1 aromatic carbocycles. The molecule has 24 heavy (non-hydrogen) atoms. The van der Waals surface area contributed by atoms with Crippen LogP contribution in [0.25, 0.3) is 0 Å². The zero-order valence-corrected chi connectivity index (χ0v) is 14.1. The van der Waals surface area contributed by atoms with Gasteiger partial charge >= 0.3 is 0 Å². The number of carbonyl (C=O) groups excluding carboxylic acids is 1. The minimum atomic E-state index is -3.85. The van der Waals surface area contributed by atoms with Crippen LogP contribution in [-0.4, -0.2) is 37.3 Å². The Hall–Kier alpha value is -1.73. The molecule has 5 nitrogen and oxygen atoms in total. The van der Waals surface area contributed by atoms with Crippen molar-refractivity contribution in [3.8, 4) is 0 Å². The second-order valence-electron chi connectivity index (χ2n) is 6.25. The Bertz CT molecular complexity index is 725. The second kappa shape index (κ2) is 7.03. The van der Waals surface area contributed by atoms with Gasteiger partial charge in [0.1, 0.15) is 11.9 Å². The van der Waals surface area contributed by atoms with Gasteiger partial charge in [0.05, 0.1) is 4.90 Å². The molecule has 0 saturated heterocycles. The standard InChI is InChI=1S/C17H21FN2O3S/c18-13-8-10-15(11-9-13)24(22,23)20-12-4-7-16(20)17(21)19-14-5-2-1-3-6-14/h4,7-11,14,16H,1-3,5-6,12H2,(H,19,21)/t16-/m1/s1. The molecule has 1 N–H and O–H groups in total. The normalized spacial score (nSPS) is 22.6. The van der Waals surface area contributed by atoms with Crippen LogP contribution in [0, 0.1) is 5.82 Å². The summed E-state index contributed by atoms with van der Waals surface area (Å²) in [6.07, 6.45) is 8.51. The maximum absolute atomic E-state index is 13.0. The van der Waals surface area contributed by atoms with Gasteiger partial charge in [-0.25, -0.2) is 12.8 Å². The molecule has 0 radical (unpaired) electrons. The Morgan fingerprint density at radius 2 is 1.79 bits per heavy atom. The molecule has 0 aromatic heterocycles. The Morgan fingerprint density at radius 1 is 1.12 bits per heavy atom. The summed E-state index contributed by atoms with van der Waals surface area (Å²) in [5.74, 6) is -0.790. The van der Waals surface area contributed by atoms with Gasteiger partial charge in [-0.1, -0.05) is 31.4 Å². The lowest BCUT2D eigenvalue weighted by molar-refractivity contribution is -0.124. The van der Waals surface area contributed by atoms with Gasteiger partial charge in [-0.05, 0) is 37.1 Å². The van der Waals surface area contributed by atoms with E-state index in [1.807, 2.05) is 0 Å². The monoisotopic (exact) mass is 352 g/mol. The molecule has 1 heterocycles. The number of hydrogen-bond acceptors (Lipinski definition) is 3. The van der Waals surface area contributed by atoms with Crippen LogP contribution in [-0.2, 0) is 14.8 Å². The molecule has 2 aliphatic rings. The topological polar surface area (TPSA) is 66.5 Å². The number of nitrogens with one attached hydrogen (secondary N) is 1. The molecule has 1 fully saturated rings. The first-order valence-electron chi connectivity index (χ1n) is 8.23. The number of amides is 1. The predicted octanol–water partition coefficient (Wildman–Crippen LogP) is 2.20. The average Bonchev–Trinajstić information content (AvgIpc) is 3.07. The molecule has 7 heteroatoms.